The highest BCUT2D eigenvalue weighted by Gasteiger charge is 2.20. The van der Waals surface area contributed by atoms with Crippen LogP contribution in [-0.2, 0) is 11.3 Å². The molecule has 1 atom stereocenters. The van der Waals surface area contributed by atoms with Gasteiger partial charge in [0.2, 0.25) is 0 Å². The molecule has 0 spiro atoms. The van der Waals surface area contributed by atoms with Crippen molar-refractivity contribution in [1.29, 1.82) is 0 Å². The first-order valence-electron chi connectivity index (χ1n) is 7.49. The van der Waals surface area contributed by atoms with Gasteiger partial charge in [-0.2, -0.15) is 0 Å². The molecule has 0 saturated carbocycles. The van der Waals surface area contributed by atoms with Crippen molar-refractivity contribution in [3.05, 3.63) is 29.3 Å². The van der Waals surface area contributed by atoms with E-state index >= 15 is 0 Å². The summed E-state index contributed by atoms with van der Waals surface area (Å²) in [5, 5.41) is 3.16. The van der Waals surface area contributed by atoms with E-state index in [1.165, 1.54) is 12.1 Å². The van der Waals surface area contributed by atoms with Crippen LogP contribution in [0.25, 0.3) is 0 Å². The summed E-state index contributed by atoms with van der Waals surface area (Å²) < 4.78 is 38.7. The second-order valence-corrected chi connectivity index (χ2v) is 5.87. The van der Waals surface area contributed by atoms with E-state index in [-0.39, 0.29) is 11.9 Å². The van der Waals surface area contributed by atoms with E-state index in [0.717, 1.165) is 19.4 Å². The van der Waals surface area contributed by atoms with Crippen molar-refractivity contribution in [3.63, 3.8) is 0 Å². The first-order chi connectivity index (χ1) is 10.1. The molecule has 0 aliphatic carbocycles. The molecule has 118 valence electrons. The van der Waals surface area contributed by atoms with Gasteiger partial charge < -0.3 is 14.8 Å². The summed E-state index contributed by atoms with van der Waals surface area (Å²) in [5.41, 5.74) is 0.581. The second-order valence-electron chi connectivity index (χ2n) is 5.87. The topological polar surface area (TPSA) is 30.5 Å². The van der Waals surface area contributed by atoms with Crippen molar-refractivity contribution in [2.45, 2.75) is 39.3 Å². The maximum atomic E-state index is 14.0. The Morgan fingerprint density at radius 3 is 2.62 bits per heavy atom. The van der Waals surface area contributed by atoms with Crippen LogP contribution in [0.3, 0.4) is 0 Å². The molecule has 3 nitrogen and oxygen atoms in total. The van der Waals surface area contributed by atoms with Gasteiger partial charge in [0.05, 0.1) is 6.61 Å². The molecule has 21 heavy (non-hydrogen) atoms. The minimum Gasteiger partial charge on any atom is -0.482 e. The Morgan fingerprint density at radius 1 is 1.33 bits per heavy atom. The molecule has 1 heterocycles. The van der Waals surface area contributed by atoms with Crippen molar-refractivity contribution in [2.75, 3.05) is 19.8 Å². The summed E-state index contributed by atoms with van der Waals surface area (Å²) in [6, 6.07) is 2.66. The number of hydrogen-bond donors (Lipinski definition) is 1. The predicted molar refractivity (Wildman–Crippen MR) is 77.4 cm³/mol. The fourth-order valence-corrected chi connectivity index (χ4v) is 2.30. The molecule has 0 aromatic heterocycles. The molecule has 2 rings (SSSR count). The Balaban J connectivity index is 1.99. The molecule has 5 heteroatoms. The van der Waals surface area contributed by atoms with Crippen molar-refractivity contribution in [3.8, 4) is 5.75 Å². The van der Waals surface area contributed by atoms with E-state index in [0.29, 0.717) is 31.2 Å². The van der Waals surface area contributed by atoms with Gasteiger partial charge in [-0.15, -0.1) is 0 Å². The Kier molecular flexibility index (Phi) is 5.94. The lowest BCUT2D eigenvalue weighted by molar-refractivity contribution is 0.00418. The Morgan fingerprint density at radius 2 is 2.05 bits per heavy atom. The summed E-state index contributed by atoms with van der Waals surface area (Å²) in [4.78, 5) is 0. The smallest absolute Gasteiger partial charge is 0.191 e. The van der Waals surface area contributed by atoms with Crippen LogP contribution < -0.4 is 10.1 Å². The third kappa shape index (κ3) is 4.93. The number of halogens is 2. The van der Waals surface area contributed by atoms with Crippen LogP contribution in [-0.4, -0.2) is 25.9 Å². The molecule has 1 N–H and O–H groups in total. The molecule has 1 fully saturated rings. The molecule has 0 amide bonds. The van der Waals surface area contributed by atoms with Gasteiger partial charge in [-0.3, -0.25) is 0 Å². The van der Waals surface area contributed by atoms with Crippen LogP contribution in [0.5, 0.6) is 5.75 Å². The third-order valence-electron chi connectivity index (χ3n) is 3.34. The fraction of sp³-hybridized carbons (Fsp3) is 0.625. The van der Waals surface area contributed by atoms with E-state index in [1.54, 1.807) is 0 Å². The molecule has 1 aromatic carbocycles. The lowest BCUT2D eigenvalue weighted by Gasteiger charge is -2.23. The average Bonchev–Trinajstić information content (AvgIpc) is 2.44. The molecule has 1 aliphatic rings. The number of hydrogen-bond acceptors (Lipinski definition) is 3. The molecular weight excluding hydrogens is 276 g/mol. The first kappa shape index (κ1) is 16.2. The van der Waals surface area contributed by atoms with Gasteiger partial charge >= 0.3 is 0 Å². The highest BCUT2D eigenvalue weighted by Crippen LogP contribution is 2.26. The van der Waals surface area contributed by atoms with Crippen molar-refractivity contribution >= 4 is 0 Å². The zero-order valence-electron chi connectivity index (χ0n) is 12.6. The number of rotatable bonds is 6. The fourth-order valence-electron chi connectivity index (χ4n) is 2.30. The third-order valence-corrected chi connectivity index (χ3v) is 3.34. The minimum absolute atomic E-state index is 0.271. The van der Waals surface area contributed by atoms with Gasteiger partial charge in [0.15, 0.2) is 17.4 Å². The second kappa shape index (κ2) is 7.71. The zero-order chi connectivity index (χ0) is 15.2. The maximum absolute atomic E-state index is 14.0. The van der Waals surface area contributed by atoms with E-state index in [4.69, 9.17) is 9.47 Å². The van der Waals surface area contributed by atoms with Gasteiger partial charge in [0.25, 0.3) is 0 Å². The van der Waals surface area contributed by atoms with Gasteiger partial charge in [0.1, 0.15) is 6.10 Å². The van der Waals surface area contributed by atoms with E-state index in [9.17, 15) is 8.78 Å². The van der Waals surface area contributed by atoms with Crippen LogP contribution in [0, 0.1) is 17.6 Å². The summed E-state index contributed by atoms with van der Waals surface area (Å²) in [6.07, 6.45) is 1.34. The molecule has 1 aliphatic heterocycles. The molecule has 1 unspecified atom stereocenters. The van der Waals surface area contributed by atoms with Crippen molar-refractivity contribution in [1.82, 2.24) is 5.32 Å². The highest BCUT2D eigenvalue weighted by molar-refractivity contribution is 5.31. The lowest BCUT2D eigenvalue weighted by Crippen LogP contribution is -2.28. The van der Waals surface area contributed by atoms with Crippen LogP contribution >= 0.6 is 0 Å². The molecule has 0 bridgehead atoms. The Bertz CT molecular complexity index is 437. The number of ether oxygens (including phenoxy) is 2. The van der Waals surface area contributed by atoms with Crippen LogP contribution in [0.2, 0.25) is 0 Å². The monoisotopic (exact) mass is 299 g/mol. The van der Waals surface area contributed by atoms with Gasteiger partial charge in [-0.25, -0.2) is 8.78 Å². The summed E-state index contributed by atoms with van der Waals surface area (Å²) in [5.74, 6) is -1.10. The van der Waals surface area contributed by atoms with Gasteiger partial charge in [-0.05, 0) is 43.0 Å². The Labute approximate surface area is 124 Å². The van der Waals surface area contributed by atoms with Crippen molar-refractivity contribution in [2.24, 2.45) is 5.92 Å². The largest absolute Gasteiger partial charge is 0.482 e. The maximum Gasteiger partial charge on any atom is 0.191 e. The normalized spacial score (nSPS) is 19.0. The van der Waals surface area contributed by atoms with E-state index in [2.05, 4.69) is 19.2 Å². The SMILES string of the molecule is CC(C)CNCc1cc(F)c(OC2CCCOC2)c(F)c1. The number of nitrogens with one attached hydrogen (secondary N) is 1. The Hall–Kier alpha value is -1.20. The van der Waals surface area contributed by atoms with Crippen LogP contribution in [0.1, 0.15) is 32.3 Å². The van der Waals surface area contributed by atoms with Crippen LogP contribution in [0.4, 0.5) is 8.78 Å². The lowest BCUT2D eigenvalue weighted by atomic mass is 10.1. The highest BCUT2D eigenvalue weighted by atomic mass is 19.1. The average molecular weight is 299 g/mol. The number of benzene rings is 1. The van der Waals surface area contributed by atoms with Gasteiger partial charge in [-0.1, -0.05) is 13.8 Å². The zero-order valence-corrected chi connectivity index (χ0v) is 12.6. The quantitative estimate of drug-likeness (QED) is 0.874. The molecule has 1 saturated heterocycles. The van der Waals surface area contributed by atoms with Gasteiger partial charge in [0, 0.05) is 13.2 Å². The molecular formula is C16H23F2NO2. The minimum atomic E-state index is -0.651. The summed E-state index contributed by atoms with van der Waals surface area (Å²) in [7, 11) is 0. The van der Waals surface area contributed by atoms with E-state index in [1.807, 2.05) is 0 Å². The van der Waals surface area contributed by atoms with Crippen LogP contribution in [0.15, 0.2) is 12.1 Å². The first-order valence-corrected chi connectivity index (χ1v) is 7.49. The standard InChI is InChI=1S/C16H23F2NO2/c1-11(2)8-19-9-12-6-14(17)16(15(18)7-12)21-13-4-3-5-20-10-13/h6-7,11,13,19H,3-5,8-10H2,1-2H3. The summed E-state index contributed by atoms with van der Waals surface area (Å²) >= 11 is 0. The molecule has 0 radical (unpaired) electrons. The summed E-state index contributed by atoms with van der Waals surface area (Å²) in [6.45, 7) is 6.48. The van der Waals surface area contributed by atoms with Crippen molar-refractivity contribution < 1.29 is 18.3 Å². The predicted octanol–water partition coefficient (Wildman–Crippen LogP) is 3.27. The van der Waals surface area contributed by atoms with E-state index < -0.39 is 11.6 Å². The molecule has 1 aromatic rings.